The van der Waals surface area contributed by atoms with Crippen LogP contribution in [0.1, 0.15) is 51.1 Å². The molecule has 1 unspecified atom stereocenters. The molecule has 1 fully saturated rings. The van der Waals surface area contributed by atoms with Crippen molar-refractivity contribution in [3.63, 3.8) is 0 Å². The van der Waals surface area contributed by atoms with Gasteiger partial charge in [-0.15, -0.1) is 0 Å². The molecule has 0 radical (unpaired) electrons. The maximum atomic E-state index is 3.71. The summed E-state index contributed by atoms with van der Waals surface area (Å²) in [6.45, 7) is 7.98. The van der Waals surface area contributed by atoms with E-state index in [2.05, 4.69) is 64.3 Å². The summed E-state index contributed by atoms with van der Waals surface area (Å²) < 4.78 is 1.23. The van der Waals surface area contributed by atoms with Gasteiger partial charge in [-0.1, -0.05) is 48.0 Å². The second-order valence-electron chi connectivity index (χ2n) is 5.68. The van der Waals surface area contributed by atoms with Crippen LogP contribution in [-0.4, -0.2) is 30.6 Å². The van der Waals surface area contributed by atoms with Gasteiger partial charge in [0.25, 0.3) is 0 Å². The van der Waals surface area contributed by atoms with Crippen molar-refractivity contribution in [2.45, 2.75) is 51.6 Å². The Balaban J connectivity index is 1.97. The first-order valence-corrected chi connectivity index (χ1v) is 8.77. The molecule has 1 atom stereocenters. The van der Waals surface area contributed by atoms with E-state index in [0.29, 0.717) is 6.04 Å². The summed E-state index contributed by atoms with van der Waals surface area (Å²) in [4.78, 5) is 2.64. The molecule has 0 aromatic heterocycles. The van der Waals surface area contributed by atoms with Gasteiger partial charge in [0.2, 0.25) is 0 Å². The van der Waals surface area contributed by atoms with Crippen molar-refractivity contribution in [1.82, 2.24) is 10.2 Å². The van der Waals surface area contributed by atoms with Crippen molar-refractivity contribution in [2.75, 3.05) is 19.6 Å². The highest BCUT2D eigenvalue weighted by Gasteiger charge is 2.28. The highest BCUT2D eigenvalue weighted by Crippen LogP contribution is 2.29. The van der Waals surface area contributed by atoms with Crippen LogP contribution in [0.3, 0.4) is 0 Å². The Morgan fingerprint density at radius 2 is 2.05 bits per heavy atom. The molecule has 1 saturated carbocycles. The van der Waals surface area contributed by atoms with Gasteiger partial charge < -0.3 is 10.2 Å². The number of halogens is 1. The lowest BCUT2D eigenvalue weighted by atomic mass is 10.0. The first-order valence-electron chi connectivity index (χ1n) is 7.98. The molecule has 112 valence electrons. The van der Waals surface area contributed by atoms with E-state index >= 15 is 0 Å². The molecular formula is C17H27BrN2. The zero-order valence-electron chi connectivity index (χ0n) is 12.7. The Kier molecular flexibility index (Phi) is 6.53. The fourth-order valence-corrected chi connectivity index (χ4v) is 3.34. The molecule has 0 aliphatic heterocycles. The maximum absolute atomic E-state index is 3.71. The molecule has 1 aromatic rings. The largest absolute Gasteiger partial charge is 0.310 e. The normalized spacial score (nSPS) is 16.6. The van der Waals surface area contributed by atoms with Gasteiger partial charge in [-0.25, -0.2) is 0 Å². The van der Waals surface area contributed by atoms with Crippen LogP contribution in [0.5, 0.6) is 0 Å². The minimum atomic E-state index is 0.457. The van der Waals surface area contributed by atoms with E-state index in [1.54, 1.807) is 0 Å². The number of benzene rings is 1. The van der Waals surface area contributed by atoms with E-state index in [4.69, 9.17) is 0 Å². The van der Waals surface area contributed by atoms with Gasteiger partial charge in [0.05, 0.1) is 0 Å². The molecule has 0 spiro atoms. The van der Waals surface area contributed by atoms with E-state index in [9.17, 15) is 0 Å². The molecule has 0 amide bonds. The maximum Gasteiger partial charge on any atom is 0.0343 e. The van der Waals surface area contributed by atoms with E-state index in [1.807, 2.05) is 0 Å². The minimum absolute atomic E-state index is 0.457. The first-order chi connectivity index (χ1) is 9.76. The molecule has 2 rings (SSSR count). The predicted molar refractivity (Wildman–Crippen MR) is 90.1 cm³/mol. The Morgan fingerprint density at radius 1 is 1.30 bits per heavy atom. The summed E-state index contributed by atoms with van der Waals surface area (Å²) in [5, 5.41) is 3.71. The lowest BCUT2D eigenvalue weighted by Gasteiger charge is -2.25. The van der Waals surface area contributed by atoms with Gasteiger partial charge in [-0.3, -0.25) is 0 Å². The average Bonchev–Trinajstić information content (AvgIpc) is 3.28. The SMILES string of the molecule is CCCNC(CCN(CC)C1CC1)c1ccccc1Br. The summed E-state index contributed by atoms with van der Waals surface area (Å²) in [7, 11) is 0. The third kappa shape index (κ3) is 4.57. The number of nitrogens with zero attached hydrogens (tertiary/aromatic N) is 1. The summed E-state index contributed by atoms with van der Waals surface area (Å²) in [5.41, 5.74) is 1.40. The molecule has 0 bridgehead atoms. The van der Waals surface area contributed by atoms with Crippen molar-refractivity contribution in [3.05, 3.63) is 34.3 Å². The van der Waals surface area contributed by atoms with Gasteiger partial charge in [0.1, 0.15) is 0 Å². The van der Waals surface area contributed by atoms with Crippen LogP contribution in [-0.2, 0) is 0 Å². The quantitative estimate of drug-likeness (QED) is 0.719. The van der Waals surface area contributed by atoms with Crippen molar-refractivity contribution in [1.29, 1.82) is 0 Å². The van der Waals surface area contributed by atoms with Gasteiger partial charge in [0, 0.05) is 23.1 Å². The fraction of sp³-hybridized carbons (Fsp3) is 0.647. The molecule has 1 aliphatic rings. The van der Waals surface area contributed by atoms with E-state index in [1.165, 1.54) is 48.8 Å². The van der Waals surface area contributed by atoms with Crippen molar-refractivity contribution >= 4 is 15.9 Å². The highest BCUT2D eigenvalue weighted by atomic mass is 79.9. The van der Waals surface area contributed by atoms with Crippen molar-refractivity contribution in [2.24, 2.45) is 0 Å². The van der Waals surface area contributed by atoms with E-state index < -0.39 is 0 Å². The zero-order chi connectivity index (χ0) is 14.4. The van der Waals surface area contributed by atoms with Crippen LogP contribution in [0.25, 0.3) is 0 Å². The minimum Gasteiger partial charge on any atom is -0.310 e. The predicted octanol–water partition coefficient (Wildman–Crippen LogP) is 4.36. The van der Waals surface area contributed by atoms with E-state index in [0.717, 1.165) is 12.6 Å². The van der Waals surface area contributed by atoms with Crippen LogP contribution >= 0.6 is 15.9 Å². The summed E-state index contributed by atoms with van der Waals surface area (Å²) in [6, 6.07) is 9.94. The van der Waals surface area contributed by atoms with Crippen LogP contribution in [0, 0.1) is 0 Å². The Hall–Kier alpha value is -0.380. The first kappa shape index (κ1) is 16.0. The van der Waals surface area contributed by atoms with E-state index in [-0.39, 0.29) is 0 Å². The molecule has 0 saturated heterocycles. The van der Waals surface area contributed by atoms with Gasteiger partial charge in [-0.05, 0) is 50.4 Å². The average molecular weight is 339 g/mol. The monoisotopic (exact) mass is 338 g/mol. The fourth-order valence-electron chi connectivity index (χ4n) is 2.78. The zero-order valence-corrected chi connectivity index (χ0v) is 14.3. The lowest BCUT2D eigenvalue weighted by Crippen LogP contribution is -2.31. The second-order valence-corrected chi connectivity index (χ2v) is 6.53. The number of nitrogens with one attached hydrogen (secondary N) is 1. The van der Waals surface area contributed by atoms with Crippen LogP contribution in [0.15, 0.2) is 28.7 Å². The Labute approximate surface area is 132 Å². The van der Waals surface area contributed by atoms with Crippen molar-refractivity contribution in [3.8, 4) is 0 Å². The van der Waals surface area contributed by atoms with Gasteiger partial charge in [-0.2, -0.15) is 0 Å². The number of hydrogen-bond donors (Lipinski definition) is 1. The van der Waals surface area contributed by atoms with Crippen LogP contribution in [0.2, 0.25) is 0 Å². The molecular weight excluding hydrogens is 312 g/mol. The second kappa shape index (κ2) is 8.16. The molecule has 1 aliphatic carbocycles. The van der Waals surface area contributed by atoms with Crippen molar-refractivity contribution < 1.29 is 0 Å². The lowest BCUT2D eigenvalue weighted by molar-refractivity contribution is 0.259. The molecule has 1 N–H and O–H groups in total. The third-order valence-electron chi connectivity index (χ3n) is 4.10. The standard InChI is InChI=1S/C17H27BrN2/c1-3-12-19-17(15-7-5-6-8-16(15)18)11-13-20(4-2)14-9-10-14/h5-8,14,17,19H,3-4,9-13H2,1-2H3. The topological polar surface area (TPSA) is 15.3 Å². The molecule has 1 aromatic carbocycles. The number of hydrogen-bond acceptors (Lipinski definition) is 2. The highest BCUT2D eigenvalue weighted by molar-refractivity contribution is 9.10. The Morgan fingerprint density at radius 3 is 2.65 bits per heavy atom. The summed E-state index contributed by atoms with van der Waals surface area (Å²) >= 11 is 3.70. The van der Waals surface area contributed by atoms with Crippen LogP contribution < -0.4 is 5.32 Å². The van der Waals surface area contributed by atoms with Crippen LogP contribution in [0.4, 0.5) is 0 Å². The number of rotatable bonds is 9. The third-order valence-corrected chi connectivity index (χ3v) is 4.82. The summed E-state index contributed by atoms with van der Waals surface area (Å²) in [5.74, 6) is 0. The molecule has 3 heteroatoms. The van der Waals surface area contributed by atoms with Gasteiger partial charge in [0.15, 0.2) is 0 Å². The van der Waals surface area contributed by atoms with Gasteiger partial charge >= 0.3 is 0 Å². The molecule has 2 nitrogen and oxygen atoms in total. The smallest absolute Gasteiger partial charge is 0.0343 e. The molecule has 20 heavy (non-hydrogen) atoms. The summed E-state index contributed by atoms with van der Waals surface area (Å²) in [6.07, 6.45) is 5.17. The Bertz CT molecular complexity index is 404. The molecule has 0 heterocycles.